The average Bonchev–Trinajstić information content (AvgIpc) is 2.35. The molecular weight excluding hydrogens is 218 g/mol. The Bertz CT molecular complexity index is 398. The van der Waals surface area contributed by atoms with Crippen LogP contribution in [-0.4, -0.2) is 35.0 Å². The van der Waals surface area contributed by atoms with Crippen LogP contribution in [0, 0.1) is 0 Å². The van der Waals surface area contributed by atoms with Gasteiger partial charge in [0, 0.05) is 18.7 Å². The van der Waals surface area contributed by atoms with Crippen LogP contribution in [0.2, 0.25) is 0 Å². The van der Waals surface area contributed by atoms with Crippen LogP contribution < -0.4 is 0 Å². The van der Waals surface area contributed by atoms with E-state index in [9.17, 15) is 9.59 Å². The van der Waals surface area contributed by atoms with Gasteiger partial charge in [0.25, 0.3) is 5.91 Å². The molecule has 0 atom stereocenters. The summed E-state index contributed by atoms with van der Waals surface area (Å²) in [6.07, 6.45) is 0.910. The number of carboxylic acids is 1. The molecule has 0 aliphatic rings. The number of carboxylic acid groups (broad SMARTS) is 1. The van der Waals surface area contributed by atoms with Crippen LogP contribution in [0.1, 0.15) is 41.0 Å². The van der Waals surface area contributed by atoms with Crippen LogP contribution >= 0.6 is 0 Å². The zero-order valence-electron chi connectivity index (χ0n) is 10.1. The smallest absolute Gasteiger partial charge is 0.335 e. The van der Waals surface area contributed by atoms with Gasteiger partial charge in [0.1, 0.15) is 0 Å². The van der Waals surface area contributed by atoms with Crippen LogP contribution in [0.4, 0.5) is 0 Å². The Morgan fingerprint density at radius 2 is 1.65 bits per heavy atom. The molecule has 17 heavy (non-hydrogen) atoms. The predicted octanol–water partition coefficient (Wildman–Crippen LogP) is 2.26. The van der Waals surface area contributed by atoms with Gasteiger partial charge in [0.2, 0.25) is 0 Å². The van der Waals surface area contributed by atoms with Crippen molar-refractivity contribution in [2.45, 2.75) is 20.3 Å². The second-order valence-corrected chi connectivity index (χ2v) is 3.77. The molecule has 0 unspecified atom stereocenters. The van der Waals surface area contributed by atoms with Crippen LogP contribution in [0.15, 0.2) is 24.3 Å². The molecule has 0 bridgehead atoms. The molecular formula is C13H17NO3. The minimum absolute atomic E-state index is 0.0497. The standard InChI is InChI=1S/C13H17NO3/c1-3-9-14(4-2)12(15)10-5-7-11(8-6-10)13(16)17/h5-8H,3-4,9H2,1-2H3,(H,16,17). The van der Waals surface area contributed by atoms with Gasteiger partial charge in [-0.05, 0) is 37.6 Å². The zero-order chi connectivity index (χ0) is 12.8. The zero-order valence-corrected chi connectivity index (χ0v) is 10.1. The summed E-state index contributed by atoms with van der Waals surface area (Å²) >= 11 is 0. The summed E-state index contributed by atoms with van der Waals surface area (Å²) in [5.74, 6) is -1.03. The number of nitrogens with zero attached hydrogens (tertiary/aromatic N) is 1. The van der Waals surface area contributed by atoms with Gasteiger partial charge in [-0.2, -0.15) is 0 Å². The summed E-state index contributed by atoms with van der Waals surface area (Å²) < 4.78 is 0. The Morgan fingerprint density at radius 3 is 2.06 bits per heavy atom. The third kappa shape index (κ3) is 3.31. The molecule has 0 aromatic heterocycles. The van der Waals surface area contributed by atoms with Gasteiger partial charge in [0.05, 0.1) is 5.56 Å². The molecule has 0 aliphatic heterocycles. The van der Waals surface area contributed by atoms with Gasteiger partial charge < -0.3 is 10.0 Å². The van der Waals surface area contributed by atoms with Gasteiger partial charge in [-0.25, -0.2) is 4.79 Å². The first-order valence-corrected chi connectivity index (χ1v) is 5.72. The Labute approximate surface area is 101 Å². The van der Waals surface area contributed by atoms with Crippen molar-refractivity contribution >= 4 is 11.9 Å². The van der Waals surface area contributed by atoms with Crippen molar-refractivity contribution in [1.29, 1.82) is 0 Å². The van der Waals surface area contributed by atoms with E-state index in [1.165, 1.54) is 12.1 Å². The molecule has 0 saturated carbocycles. The number of carbonyl (C=O) groups excluding carboxylic acids is 1. The van der Waals surface area contributed by atoms with Crippen molar-refractivity contribution in [3.8, 4) is 0 Å². The summed E-state index contributed by atoms with van der Waals surface area (Å²) in [4.78, 5) is 24.5. The fourth-order valence-corrected chi connectivity index (χ4v) is 1.61. The maximum Gasteiger partial charge on any atom is 0.335 e. The van der Waals surface area contributed by atoms with Gasteiger partial charge in [0.15, 0.2) is 0 Å². The Balaban J connectivity index is 2.85. The predicted molar refractivity (Wildman–Crippen MR) is 65.3 cm³/mol. The van der Waals surface area contributed by atoms with Crippen molar-refractivity contribution in [1.82, 2.24) is 4.90 Å². The molecule has 4 nitrogen and oxygen atoms in total. The van der Waals surface area contributed by atoms with E-state index in [2.05, 4.69) is 0 Å². The molecule has 1 aromatic rings. The quantitative estimate of drug-likeness (QED) is 0.851. The molecule has 4 heteroatoms. The fourth-order valence-electron chi connectivity index (χ4n) is 1.61. The molecule has 0 radical (unpaired) electrons. The van der Waals surface area contributed by atoms with Crippen LogP contribution in [0.25, 0.3) is 0 Å². The van der Waals surface area contributed by atoms with E-state index in [-0.39, 0.29) is 11.5 Å². The lowest BCUT2D eigenvalue weighted by Crippen LogP contribution is -2.31. The summed E-state index contributed by atoms with van der Waals surface area (Å²) in [6, 6.07) is 6.03. The Hall–Kier alpha value is -1.84. The summed E-state index contributed by atoms with van der Waals surface area (Å²) in [5, 5.41) is 8.76. The lowest BCUT2D eigenvalue weighted by Gasteiger charge is -2.20. The van der Waals surface area contributed by atoms with Crippen LogP contribution in [-0.2, 0) is 0 Å². The molecule has 0 heterocycles. The molecule has 0 fully saturated rings. The number of amides is 1. The van der Waals surface area contributed by atoms with Crippen molar-refractivity contribution in [2.24, 2.45) is 0 Å². The topological polar surface area (TPSA) is 57.6 Å². The number of aromatic carboxylic acids is 1. The first kappa shape index (κ1) is 13.2. The van der Waals surface area contributed by atoms with E-state index in [0.717, 1.165) is 13.0 Å². The monoisotopic (exact) mass is 235 g/mol. The highest BCUT2D eigenvalue weighted by Crippen LogP contribution is 2.08. The van der Waals surface area contributed by atoms with E-state index in [1.54, 1.807) is 17.0 Å². The fraction of sp³-hybridized carbons (Fsp3) is 0.385. The molecule has 0 spiro atoms. The number of hydrogen-bond acceptors (Lipinski definition) is 2. The molecule has 0 aliphatic carbocycles. The van der Waals surface area contributed by atoms with Crippen LogP contribution in [0.3, 0.4) is 0 Å². The minimum atomic E-state index is -0.982. The normalized spacial score (nSPS) is 10.0. The highest BCUT2D eigenvalue weighted by molar-refractivity contribution is 5.95. The van der Waals surface area contributed by atoms with E-state index in [0.29, 0.717) is 12.1 Å². The lowest BCUT2D eigenvalue weighted by atomic mass is 10.1. The molecule has 1 rings (SSSR count). The van der Waals surface area contributed by atoms with Crippen molar-refractivity contribution < 1.29 is 14.7 Å². The lowest BCUT2D eigenvalue weighted by molar-refractivity contribution is 0.0694. The van der Waals surface area contributed by atoms with Crippen LogP contribution in [0.5, 0.6) is 0 Å². The SMILES string of the molecule is CCCN(CC)C(=O)c1ccc(C(=O)O)cc1. The molecule has 1 N–H and O–H groups in total. The van der Waals surface area contributed by atoms with Gasteiger partial charge >= 0.3 is 5.97 Å². The third-order valence-electron chi connectivity index (χ3n) is 2.54. The number of rotatable bonds is 5. The maximum atomic E-state index is 12.0. The van der Waals surface area contributed by atoms with Crippen molar-refractivity contribution in [3.63, 3.8) is 0 Å². The van der Waals surface area contributed by atoms with E-state index < -0.39 is 5.97 Å². The molecule has 0 saturated heterocycles. The maximum absolute atomic E-state index is 12.0. The van der Waals surface area contributed by atoms with E-state index in [1.807, 2.05) is 13.8 Å². The van der Waals surface area contributed by atoms with E-state index in [4.69, 9.17) is 5.11 Å². The van der Waals surface area contributed by atoms with Gasteiger partial charge in [-0.1, -0.05) is 6.92 Å². The highest BCUT2D eigenvalue weighted by atomic mass is 16.4. The largest absolute Gasteiger partial charge is 0.478 e. The summed E-state index contributed by atoms with van der Waals surface area (Å²) in [7, 11) is 0. The first-order valence-electron chi connectivity index (χ1n) is 5.72. The Kier molecular flexibility index (Phi) is 4.69. The molecule has 1 aromatic carbocycles. The highest BCUT2D eigenvalue weighted by Gasteiger charge is 2.13. The second-order valence-electron chi connectivity index (χ2n) is 3.77. The second kappa shape index (κ2) is 6.03. The Morgan fingerprint density at radius 1 is 1.12 bits per heavy atom. The number of hydrogen-bond donors (Lipinski definition) is 1. The number of carbonyl (C=O) groups is 2. The van der Waals surface area contributed by atoms with Gasteiger partial charge in [-0.3, -0.25) is 4.79 Å². The first-order chi connectivity index (χ1) is 8.10. The molecule has 1 amide bonds. The van der Waals surface area contributed by atoms with E-state index >= 15 is 0 Å². The van der Waals surface area contributed by atoms with Gasteiger partial charge in [-0.15, -0.1) is 0 Å². The average molecular weight is 235 g/mol. The summed E-state index contributed by atoms with van der Waals surface area (Å²) in [5.41, 5.74) is 0.727. The molecule has 92 valence electrons. The minimum Gasteiger partial charge on any atom is -0.478 e. The van der Waals surface area contributed by atoms with Crippen molar-refractivity contribution in [2.75, 3.05) is 13.1 Å². The van der Waals surface area contributed by atoms with Crippen molar-refractivity contribution in [3.05, 3.63) is 35.4 Å². The summed E-state index contributed by atoms with van der Waals surface area (Å²) in [6.45, 7) is 5.33. The number of benzene rings is 1. The third-order valence-corrected chi connectivity index (χ3v) is 2.54.